The van der Waals surface area contributed by atoms with E-state index in [1.165, 1.54) is 37.3 Å². The van der Waals surface area contributed by atoms with Crippen LogP contribution in [0.5, 0.6) is 11.5 Å². The highest BCUT2D eigenvalue weighted by Crippen LogP contribution is 2.39. The summed E-state index contributed by atoms with van der Waals surface area (Å²) < 4.78 is 17.8. The number of ether oxygens (including phenoxy) is 3. The van der Waals surface area contributed by atoms with Crippen molar-refractivity contribution in [1.82, 2.24) is 20.1 Å². The SMILES string of the molecule is CCOC(=O)c1c(NC(=O)CSc2nnc(CNC(=O)c3cc(OC)cc(OC)c3)n2CCc2ccccc2)sc2c1CCC2. The van der Waals surface area contributed by atoms with Crippen molar-refractivity contribution in [3.63, 3.8) is 0 Å². The Bertz CT molecular complexity index is 1650. The number of nitrogens with zero attached hydrogens (tertiary/aromatic N) is 3. The summed E-state index contributed by atoms with van der Waals surface area (Å²) in [7, 11) is 3.05. The van der Waals surface area contributed by atoms with E-state index in [-0.39, 0.29) is 30.7 Å². The van der Waals surface area contributed by atoms with Crippen LogP contribution in [0.2, 0.25) is 0 Å². The maximum Gasteiger partial charge on any atom is 0.341 e. The molecule has 2 amide bonds. The van der Waals surface area contributed by atoms with Gasteiger partial charge in [0.15, 0.2) is 11.0 Å². The third-order valence-electron chi connectivity index (χ3n) is 7.27. The maximum atomic E-state index is 13.1. The summed E-state index contributed by atoms with van der Waals surface area (Å²) in [6.45, 7) is 2.70. The number of carbonyl (C=O) groups excluding carboxylic acids is 3. The fourth-order valence-electron chi connectivity index (χ4n) is 5.07. The Hall–Kier alpha value is -4.36. The molecule has 0 saturated heterocycles. The number of aromatic nitrogens is 3. The van der Waals surface area contributed by atoms with Crippen LogP contribution in [-0.2, 0) is 41.9 Å². The number of hydrogen-bond donors (Lipinski definition) is 2. The Morgan fingerprint density at radius 3 is 2.49 bits per heavy atom. The number of rotatable bonds is 14. The number of thiophene rings is 1. The van der Waals surface area contributed by atoms with Gasteiger partial charge in [-0.2, -0.15) is 0 Å². The molecule has 0 radical (unpaired) electrons. The smallest absolute Gasteiger partial charge is 0.341 e. The average molecular weight is 650 g/mol. The molecule has 45 heavy (non-hydrogen) atoms. The lowest BCUT2D eigenvalue weighted by Gasteiger charge is -2.12. The quantitative estimate of drug-likeness (QED) is 0.144. The normalized spacial score (nSPS) is 12.0. The standard InChI is InChI=1S/C32H35N5O6S2/c1-4-43-31(40)28-24-11-8-12-25(24)45-30(28)34-27(38)19-44-32-36-35-26(37(32)14-13-20-9-6-5-7-10-20)18-33-29(39)21-15-22(41-2)17-23(16-21)42-3/h5-7,9-10,15-17H,4,8,11-14,18-19H2,1-3H3,(H,33,39)(H,34,38). The number of nitrogens with one attached hydrogen (secondary N) is 2. The molecule has 0 fully saturated rings. The number of thioether (sulfide) groups is 1. The molecular formula is C32H35N5O6S2. The summed E-state index contributed by atoms with van der Waals surface area (Å²) in [5.74, 6) is 0.636. The van der Waals surface area contributed by atoms with Crippen LogP contribution in [0.4, 0.5) is 5.00 Å². The molecule has 0 atom stereocenters. The zero-order chi connectivity index (χ0) is 31.8. The van der Waals surface area contributed by atoms with Crippen LogP contribution in [-0.4, -0.2) is 59.1 Å². The van der Waals surface area contributed by atoms with Gasteiger partial charge in [-0.1, -0.05) is 42.1 Å². The van der Waals surface area contributed by atoms with Gasteiger partial charge < -0.3 is 29.4 Å². The number of carbonyl (C=O) groups is 3. The molecule has 4 aromatic rings. The number of amides is 2. The number of aryl methyl sites for hydroxylation is 2. The first-order chi connectivity index (χ1) is 21.9. The van der Waals surface area contributed by atoms with Crippen molar-refractivity contribution < 1.29 is 28.6 Å². The van der Waals surface area contributed by atoms with Crippen molar-refractivity contribution in [2.75, 3.05) is 31.9 Å². The molecule has 0 spiro atoms. The van der Waals surface area contributed by atoms with Crippen LogP contribution in [0.15, 0.2) is 53.7 Å². The summed E-state index contributed by atoms with van der Waals surface area (Å²) in [5.41, 5.74) is 2.98. The van der Waals surface area contributed by atoms with E-state index >= 15 is 0 Å². The molecule has 0 unspecified atom stereocenters. The number of methoxy groups -OCH3 is 2. The van der Waals surface area contributed by atoms with Gasteiger partial charge in [0, 0.05) is 23.1 Å². The first-order valence-corrected chi connectivity index (χ1v) is 16.4. The minimum Gasteiger partial charge on any atom is -0.497 e. The minimum absolute atomic E-state index is 0.0598. The second kappa shape index (κ2) is 15.1. The molecule has 1 aliphatic rings. The Morgan fingerprint density at radius 2 is 1.78 bits per heavy atom. The monoisotopic (exact) mass is 649 g/mol. The molecule has 2 aromatic heterocycles. The predicted octanol–water partition coefficient (Wildman–Crippen LogP) is 4.93. The van der Waals surface area contributed by atoms with E-state index in [0.717, 1.165) is 35.3 Å². The number of benzene rings is 2. The topological polar surface area (TPSA) is 134 Å². The van der Waals surface area contributed by atoms with Gasteiger partial charge in [0.05, 0.1) is 38.7 Å². The van der Waals surface area contributed by atoms with E-state index in [2.05, 4.69) is 20.8 Å². The summed E-state index contributed by atoms with van der Waals surface area (Å²) in [4.78, 5) is 40.0. The van der Waals surface area contributed by atoms with Crippen LogP contribution in [0.1, 0.15) is 55.9 Å². The van der Waals surface area contributed by atoms with Crippen LogP contribution in [0, 0.1) is 0 Å². The second-order valence-corrected chi connectivity index (χ2v) is 12.2. The molecule has 5 rings (SSSR count). The lowest BCUT2D eigenvalue weighted by atomic mass is 10.1. The second-order valence-electron chi connectivity index (χ2n) is 10.2. The van der Waals surface area contributed by atoms with Gasteiger partial charge in [-0.15, -0.1) is 21.5 Å². The molecule has 11 nitrogen and oxygen atoms in total. The number of fused-ring (bicyclic) bond motifs is 1. The molecule has 236 valence electrons. The lowest BCUT2D eigenvalue weighted by molar-refractivity contribution is -0.113. The largest absolute Gasteiger partial charge is 0.497 e. The Labute approximate surface area is 269 Å². The summed E-state index contributed by atoms with van der Waals surface area (Å²) in [6, 6.07) is 15.0. The number of anilines is 1. The van der Waals surface area contributed by atoms with Gasteiger partial charge in [-0.3, -0.25) is 9.59 Å². The van der Waals surface area contributed by atoms with Crippen molar-refractivity contribution >= 4 is 45.9 Å². The fourth-order valence-corrected chi connectivity index (χ4v) is 7.15. The Kier molecular flexibility index (Phi) is 10.7. The van der Waals surface area contributed by atoms with Crippen molar-refractivity contribution in [2.24, 2.45) is 0 Å². The van der Waals surface area contributed by atoms with Crippen molar-refractivity contribution in [2.45, 2.75) is 50.9 Å². The summed E-state index contributed by atoms with van der Waals surface area (Å²) >= 11 is 2.69. The highest BCUT2D eigenvalue weighted by atomic mass is 32.2. The van der Waals surface area contributed by atoms with E-state index in [1.807, 2.05) is 34.9 Å². The predicted molar refractivity (Wildman–Crippen MR) is 173 cm³/mol. The fraction of sp³-hybridized carbons (Fsp3) is 0.344. The summed E-state index contributed by atoms with van der Waals surface area (Å²) in [6.07, 6.45) is 3.40. The molecule has 0 saturated carbocycles. The third-order valence-corrected chi connectivity index (χ3v) is 9.44. The minimum atomic E-state index is -0.403. The number of hydrogen-bond acceptors (Lipinski definition) is 10. The molecule has 2 N–H and O–H groups in total. The zero-order valence-corrected chi connectivity index (χ0v) is 27.0. The van der Waals surface area contributed by atoms with Crippen molar-refractivity contribution in [3.05, 3.63) is 81.5 Å². The Morgan fingerprint density at radius 1 is 1.02 bits per heavy atom. The number of esters is 1. The highest BCUT2D eigenvalue weighted by molar-refractivity contribution is 7.99. The van der Waals surface area contributed by atoms with Crippen LogP contribution in [0.3, 0.4) is 0 Å². The van der Waals surface area contributed by atoms with Gasteiger partial charge in [0.25, 0.3) is 5.91 Å². The van der Waals surface area contributed by atoms with E-state index in [1.54, 1.807) is 25.1 Å². The van der Waals surface area contributed by atoms with Crippen molar-refractivity contribution in [1.29, 1.82) is 0 Å². The van der Waals surface area contributed by atoms with Gasteiger partial charge in [-0.25, -0.2) is 4.79 Å². The molecule has 0 aliphatic heterocycles. The molecule has 1 aliphatic carbocycles. The van der Waals surface area contributed by atoms with Gasteiger partial charge in [0.2, 0.25) is 5.91 Å². The van der Waals surface area contributed by atoms with Gasteiger partial charge in [-0.05, 0) is 55.9 Å². The summed E-state index contributed by atoms with van der Waals surface area (Å²) in [5, 5.41) is 15.6. The first-order valence-electron chi connectivity index (χ1n) is 14.6. The zero-order valence-electron chi connectivity index (χ0n) is 25.4. The molecule has 2 aromatic carbocycles. The van der Waals surface area contributed by atoms with Crippen LogP contribution < -0.4 is 20.1 Å². The lowest BCUT2D eigenvalue weighted by Crippen LogP contribution is -2.25. The maximum absolute atomic E-state index is 13.1. The van der Waals surface area contributed by atoms with E-state index in [4.69, 9.17) is 14.2 Å². The molecule has 2 heterocycles. The van der Waals surface area contributed by atoms with E-state index < -0.39 is 5.97 Å². The van der Waals surface area contributed by atoms with Gasteiger partial charge in [0.1, 0.15) is 16.5 Å². The molecule has 0 bridgehead atoms. The van der Waals surface area contributed by atoms with Gasteiger partial charge >= 0.3 is 5.97 Å². The van der Waals surface area contributed by atoms with Crippen molar-refractivity contribution in [3.8, 4) is 11.5 Å². The first kappa shape index (κ1) is 32.0. The average Bonchev–Trinajstić information content (AvgIpc) is 3.76. The molecule has 13 heteroatoms. The van der Waals surface area contributed by atoms with E-state index in [0.29, 0.717) is 51.6 Å². The molecular weight excluding hydrogens is 615 g/mol. The third kappa shape index (κ3) is 7.84. The Balaban J connectivity index is 1.29. The van der Waals surface area contributed by atoms with Crippen LogP contribution in [0.25, 0.3) is 0 Å². The highest BCUT2D eigenvalue weighted by Gasteiger charge is 2.28. The van der Waals surface area contributed by atoms with E-state index in [9.17, 15) is 14.4 Å². The van der Waals surface area contributed by atoms with Crippen LogP contribution >= 0.6 is 23.1 Å².